The third-order valence-electron chi connectivity index (χ3n) is 5.11. The van der Waals surface area contributed by atoms with Gasteiger partial charge in [0.05, 0.1) is 11.0 Å². The van der Waals surface area contributed by atoms with E-state index in [1.165, 1.54) is 4.90 Å². The first kappa shape index (κ1) is 20.6. The number of rotatable bonds is 5. The van der Waals surface area contributed by atoms with E-state index in [4.69, 9.17) is 0 Å². The van der Waals surface area contributed by atoms with E-state index >= 15 is 0 Å². The minimum atomic E-state index is -4.92. The van der Waals surface area contributed by atoms with E-state index in [1.54, 1.807) is 12.1 Å². The number of hydrogen-bond acceptors (Lipinski definition) is 4. The molecule has 1 unspecified atom stereocenters. The minimum absolute atomic E-state index is 0.335. The third kappa shape index (κ3) is 4.60. The predicted octanol–water partition coefficient (Wildman–Crippen LogP) is 4.28. The van der Waals surface area contributed by atoms with E-state index in [2.05, 4.69) is 15.3 Å². The van der Waals surface area contributed by atoms with Gasteiger partial charge in [-0.1, -0.05) is 12.1 Å². The van der Waals surface area contributed by atoms with Crippen LogP contribution in [0.15, 0.2) is 60.8 Å². The van der Waals surface area contributed by atoms with E-state index in [0.29, 0.717) is 37.0 Å². The van der Waals surface area contributed by atoms with Gasteiger partial charge in [0.1, 0.15) is 11.9 Å². The highest BCUT2D eigenvalue weighted by Crippen LogP contribution is 2.24. The molecule has 1 aromatic heterocycles. The second-order valence-corrected chi connectivity index (χ2v) is 7.24. The number of nitrogens with zero attached hydrogens (tertiary/aromatic N) is 2. The molecule has 160 valence electrons. The van der Waals surface area contributed by atoms with E-state index in [-0.39, 0.29) is 5.91 Å². The maximum Gasteiger partial charge on any atom is 0.454 e. The lowest BCUT2D eigenvalue weighted by atomic mass is 10.1. The number of carbonyl (C=O) groups is 2. The van der Waals surface area contributed by atoms with Gasteiger partial charge in [-0.15, -0.1) is 0 Å². The molecule has 9 heteroatoms. The van der Waals surface area contributed by atoms with Crippen LogP contribution in [0.4, 0.5) is 18.9 Å². The van der Waals surface area contributed by atoms with Gasteiger partial charge in [-0.3, -0.25) is 9.59 Å². The highest BCUT2D eigenvalue weighted by molar-refractivity contribution is 5.96. The van der Waals surface area contributed by atoms with Gasteiger partial charge in [-0.05, 0) is 49.2 Å². The zero-order valence-corrected chi connectivity index (χ0v) is 16.3. The maximum atomic E-state index is 12.6. The summed E-state index contributed by atoms with van der Waals surface area (Å²) in [6.45, 7) is 0.407. The van der Waals surface area contributed by atoms with Crippen LogP contribution >= 0.6 is 0 Å². The summed E-state index contributed by atoms with van der Waals surface area (Å²) in [5.74, 6) is -1.57. The number of fused-ring (bicyclic) bond motifs is 1. The molecule has 4 rings (SSSR count). The van der Waals surface area contributed by atoms with Gasteiger partial charge in [0, 0.05) is 30.1 Å². The number of likely N-dealkylation sites (tertiary alicyclic amines) is 1. The van der Waals surface area contributed by atoms with Crippen molar-refractivity contribution in [3.05, 3.63) is 60.8 Å². The number of benzene rings is 2. The number of para-hydroxylation sites is 2. The van der Waals surface area contributed by atoms with Crippen molar-refractivity contribution in [2.24, 2.45) is 0 Å². The average molecular weight is 428 g/mol. The van der Waals surface area contributed by atoms with Gasteiger partial charge in [0.25, 0.3) is 5.78 Å². The number of allylic oxidation sites excluding steroid dienone is 1. The predicted molar refractivity (Wildman–Crippen MR) is 110 cm³/mol. The quantitative estimate of drug-likeness (QED) is 0.595. The fraction of sp³-hybridized carbons (Fsp3) is 0.227. The first-order chi connectivity index (χ1) is 14.8. The number of amides is 1. The molecule has 0 aliphatic carbocycles. The summed E-state index contributed by atoms with van der Waals surface area (Å²) in [5.41, 5.74) is 3.19. The number of alkyl halides is 3. The Morgan fingerprint density at radius 2 is 1.87 bits per heavy atom. The van der Waals surface area contributed by atoms with Gasteiger partial charge in [-0.2, -0.15) is 13.2 Å². The number of aromatic amines is 1. The Labute approximate surface area is 175 Å². The number of nitrogens with one attached hydrogen (secondary N) is 2. The number of imidazole rings is 1. The van der Waals surface area contributed by atoms with Gasteiger partial charge in [-0.25, -0.2) is 4.98 Å². The van der Waals surface area contributed by atoms with Crippen molar-refractivity contribution in [3.8, 4) is 11.4 Å². The molecule has 1 aliphatic rings. The van der Waals surface area contributed by atoms with Crippen molar-refractivity contribution in [2.45, 2.75) is 25.1 Å². The number of aromatic nitrogens is 2. The third-order valence-corrected chi connectivity index (χ3v) is 5.11. The molecular formula is C22H19F3N4O2. The van der Waals surface area contributed by atoms with Crippen molar-refractivity contribution in [2.75, 3.05) is 11.9 Å². The molecule has 1 aliphatic heterocycles. The maximum absolute atomic E-state index is 12.6. The van der Waals surface area contributed by atoms with Gasteiger partial charge in [0.2, 0.25) is 5.91 Å². The van der Waals surface area contributed by atoms with Crippen molar-refractivity contribution < 1.29 is 22.8 Å². The molecule has 1 fully saturated rings. The topological polar surface area (TPSA) is 78.1 Å². The molecule has 1 amide bonds. The standard InChI is InChI=1S/C22H19F3N4O2/c23-22(24,25)19(30)11-13-29-12-3-6-18(29)21(31)26-15-9-7-14(8-10-15)20-27-16-4-1-2-5-17(16)28-20/h1-2,4-5,7-11,13,18H,3,6,12H2,(H,26,31)(H,27,28). The molecule has 1 atom stereocenters. The number of halogens is 3. The lowest BCUT2D eigenvalue weighted by Crippen LogP contribution is -2.36. The van der Waals surface area contributed by atoms with Crippen LogP contribution in [-0.2, 0) is 9.59 Å². The first-order valence-corrected chi connectivity index (χ1v) is 9.72. The Balaban J connectivity index is 1.42. The monoisotopic (exact) mass is 428 g/mol. The Hall–Kier alpha value is -3.62. The molecule has 0 bridgehead atoms. The Bertz CT molecular complexity index is 1100. The molecule has 2 aromatic carbocycles. The number of ketones is 1. The van der Waals surface area contributed by atoms with E-state index in [1.807, 2.05) is 36.4 Å². The summed E-state index contributed by atoms with van der Waals surface area (Å²) < 4.78 is 37.1. The molecule has 3 aromatic rings. The van der Waals surface area contributed by atoms with Gasteiger partial charge in [0.15, 0.2) is 0 Å². The normalized spacial score (nSPS) is 16.9. The van der Waals surface area contributed by atoms with Crippen LogP contribution in [-0.4, -0.2) is 45.3 Å². The molecule has 2 heterocycles. The van der Waals surface area contributed by atoms with E-state index < -0.39 is 18.0 Å². The molecule has 0 saturated carbocycles. The van der Waals surface area contributed by atoms with Crippen LogP contribution in [0.3, 0.4) is 0 Å². The summed E-state index contributed by atoms with van der Waals surface area (Å²) in [5, 5.41) is 2.78. The molecule has 2 N–H and O–H groups in total. The number of anilines is 1. The van der Waals surface area contributed by atoms with E-state index in [9.17, 15) is 22.8 Å². The molecule has 6 nitrogen and oxygen atoms in total. The number of H-pyrrole nitrogens is 1. The van der Waals surface area contributed by atoms with Gasteiger partial charge >= 0.3 is 6.18 Å². The zero-order valence-electron chi connectivity index (χ0n) is 16.3. The van der Waals surface area contributed by atoms with Crippen LogP contribution < -0.4 is 5.32 Å². The van der Waals surface area contributed by atoms with Crippen LogP contribution in [0, 0.1) is 0 Å². The summed E-state index contributed by atoms with van der Waals surface area (Å²) in [6.07, 6.45) is -2.26. The average Bonchev–Trinajstić information content (AvgIpc) is 3.38. The summed E-state index contributed by atoms with van der Waals surface area (Å²) in [4.78, 5) is 32.9. The fourth-order valence-corrected chi connectivity index (χ4v) is 3.53. The molecule has 31 heavy (non-hydrogen) atoms. The van der Waals surface area contributed by atoms with Crippen molar-refractivity contribution in [1.29, 1.82) is 0 Å². The summed E-state index contributed by atoms with van der Waals surface area (Å²) in [7, 11) is 0. The van der Waals surface area contributed by atoms with Crippen LogP contribution in [0.1, 0.15) is 12.8 Å². The smallest absolute Gasteiger partial charge is 0.365 e. The highest BCUT2D eigenvalue weighted by atomic mass is 19.4. The molecule has 1 saturated heterocycles. The second kappa shape index (κ2) is 8.25. The lowest BCUT2D eigenvalue weighted by Gasteiger charge is -2.22. The first-order valence-electron chi connectivity index (χ1n) is 9.72. The van der Waals surface area contributed by atoms with Crippen LogP contribution in [0.25, 0.3) is 22.4 Å². The largest absolute Gasteiger partial charge is 0.454 e. The SMILES string of the molecule is O=C(Nc1ccc(-c2nc3ccccc3[nH]2)cc1)C1CCCN1C=CC(=O)C(F)(F)F. The molecule has 0 radical (unpaired) electrons. The summed E-state index contributed by atoms with van der Waals surface area (Å²) >= 11 is 0. The van der Waals surface area contributed by atoms with Gasteiger partial charge < -0.3 is 15.2 Å². The Kier molecular flexibility index (Phi) is 5.50. The minimum Gasteiger partial charge on any atom is -0.365 e. The van der Waals surface area contributed by atoms with Crippen molar-refractivity contribution >= 4 is 28.4 Å². The molecule has 0 spiro atoms. The second-order valence-electron chi connectivity index (χ2n) is 7.24. The number of hydrogen-bond donors (Lipinski definition) is 2. The highest BCUT2D eigenvalue weighted by Gasteiger charge is 2.37. The Morgan fingerprint density at radius 3 is 2.58 bits per heavy atom. The lowest BCUT2D eigenvalue weighted by molar-refractivity contribution is -0.165. The summed E-state index contributed by atoms with van der Waals surface area (Å²) in [6, 6.07) is 14.2. The van der Waals surface area contributed by atoms with Crippen LogP contribution in [0.5, 0.6) is 0 Å². The van der Waals surface area contributed by atoms with Crippen molar-refractivity contribution in [3.63, 3.8) is 0 Å². The van der Waals surface area contributed by atoms with Crippen molar-refractivity contribution in [1.82, 2.24) is 14.9 Å². The zero-order chi connectivity index (χ0) is 22.0. The molecular weight excluding hydrogens is 409 g/mol. The van der Waals surface area contributed by atoms with Crippen LogP contribution in [0.2, 0.25) is 0 Å². The Morgan fingerprint density at radius 1 is 1.13 bits per heavy atom. The fourth-order valence-electron chi connectivity index (χ4n) is 3.53. The number of carbonyl (C=O) groups excluding carboxylic acids is 2. The van der Waals surface area contributed by atoms with E-state index in [0.717, 1.165) is 22.8 Å².